The Balaban J connectivity index is 1.31. The Morgan fingerprint density at radius 2 is 1.43 bits per heavy atom. The van der Waals surface area contributed by atoms with Gasteiger partial charge in [0.15, 0.2) is 34.5 Å². The maximum absolute atomic E-state index is 10.2. The number of benzene rings is 4. The molecule has 1 atom stereocenters. The van der Waals surface area contributed by atoms with Crippen LogP contribution < -0.4 is 23.7 Å². The number of hydrogen-bond donors (Lipinski definition) is 2. The molecule has 9 nitrogen and oxygen atoms in total. The normalized spacial score (nSPS) is 16.3. The third kappa shape index (κ3) is 6.31. The van der Waals surface area contributed by atoms with Crippen LogP contribution in [0.25, 0.3) is 0 Å². The summed E-state index contributed by atoms with van der Waals surface area (Å²) in [5.74, 6) is 4.14. The van der Waals surface area contributed by atoms with Gasteiger partial charge in [-0.3, -0.25) is 4.90 Å². The van der Waals surface area contributed by atoms with Crippen LogP contribution in [0.2, 0.25) is 0 Å². The molecular formula is C37H42N2O7. The Morgan fingerprint density at radius 1 is 0.717 bits per heavy atom. The van der Waals surface area contributed by atoms with Crippen LogP contribution in [0, 0.1) is 0 Å². The van der Waals surface area contributed by atoms with Crippen molar-refractivity contribution in [2.45, 2.75) is 38.5 Å². The summed E-state index contributed by atoms with van der Waals surface area (Å²) in [5.41, 5.74) is 6.55. The van der Waals surface area contributed by atoms with Crippen LogP contribution in [0.4, 0.5) is 0 Å². The molecule has 0 radical (unpaired) electrons. The molecule has 4 aromatic carbocycles. The van der Waals surface area contributed by atoms with E-state index in [2.05, 4.69) is 54.2 Å². The zero-order chi connectivity index (χ0) is 32.4. The summed E-state index contributed by atoms with van der Waals surface area (Å²) in [4.78, 5) is 4.66. The average molecular weight is 627 g/mol. The number of nitrogens with zero attached hydrogens (tertiary/aromatic N) is 2. The predicted molar refractivity (Wildman–Crippen MR) is 176 cm³/mol. The summed E-state index contributed by atoms with van der Waals surface area (Å²) in [7, 11) is 9.24. The summed E-state index contributed by atoms with van der Waals surface area (Å²) in [6, 6.07) is 19.1. The topological polar surface area (TPSA) is 93.1 Å². The highest BCUT2D eigenvalue weighted by molar-refractivity contribution is 5.62. The highest BCUT2D eigenvalue weighted by atomic mass is 16.5. The number of fused-ring (bicyclic) bond motifs is 2. The summed E-state index contributed by atoms with van der Waals surface area (Å²) in [6.07, 6.45) is 2.59. The van der Waals surface area contributed by atoms with Crippen molar-refractivity contribution in [1.82, 2.24) is 9.80 Å². The van der Waals surface area contributed by atoms with Gasteiger partial charge in [0.2, 0.25) is 5.75 Å². The van der Waals surface area contributed by atoms with E-state index in [1.807, 2.05) is 12.1 Å². The molecule has 0 saturated carbocycles. The maximum atomic E-state index is 10.2. The molecule has 0 spiro atoms. The number of likely N-dealkylation sites (N-methyl/N-ethyl adjacent to an activating group) is 2. The smallest absolute Gasteiger partial charge is 0.204 e. The van der Waals surface area contributed by atoms with E-state index < -0.39 is 0 Å². The Labute approximate surface area is 270 Å². The van der Waals surface area contributed by atoms with E-state index in [4.69, 9.17) is 23.7 Å². The van der Waals surface area contributed by atoms with E-state index in [9.17, 15) is 10.2 Å². The van der Waals surface area contributed by atoms with Gasteiger partial charge in [0.05, 0.1) is 27.9 Å². The molecule has 0 bridgehead atoms. The number of aromatic hydroxyl groups is 1. The van der Waals surface area contributed by atoms with Crippen LogP contribution in [-0.2, 0) is 32.4 Å². The lowest BCUT2D eigenvalue weighted by molar-refractivity contribution is 0.228. The number of methoxy groups -OCH3 is 3. The van der Waals surface area contributed by atoms with Crippen molar-refractivity contribution in [2.24, 2.45) is 0 Å². The van der Waals surface area contributed by atoms with Gasteiger partial charge >= 0.3 is 0 Å². The third-order valence-corrected chi connectivity index (χ3v) is 9.06. The second kappa shape index (κ2) is 13.5. The number of phenolic OH excluding ortho intramolecular Hbond substituents is 1. The van der Waals surface area contributed by atoms with Crippen LogP contribution in [0.1, 0.15) is 39.4 Å². The number of hydrogen-bond acceptors (Lipinski definition) is 9. The number of aliphatic hydroxyl groups excluding tert-OH is 1. The van der Waals surface area contributed by atoms with Gasteiger partial charge in [-0.1, -0.05) is 18.2 Å². The monoisotopic (exact) mass is 626 g/mol. The van der Waals surface area contributed by atoms with Crippen molar-refractivity contribution in [1.29, 1.82) is 0 Å². The van der Waals surface area contributed by atoms with Crippen molar-refractivity contribution < 1.29 is 33.9 Å². The first kappa shape index (κ1) is 31.5. The molecule has 0 saturated heterocycles. The molecule has 46 heavy (non-hydrogen) atoms. The predicted octanol–water partition coefficient (Wildman–Crippen LogP) is 6.25. The zero-order valence-corrected chi connectivity index (χ0v) is 27.1. The van der Waals surface area contributed by atoms with E-state index in [0.29, 0.717) is 45.8 Å². The lowest BCUT2D eigenvalue weighted by atomic mass is 9.88. The third-order valence-electron chi connectivity index (χ3n) is 9.06. The number of rotatable bonds is 10. The second-order valence-corrected chi connectivity index (χ2v) is 12.0. The Hall–Kier alpha value is -4.44. The van der Waals surface area contributed by atoms with Crippen LogP contribution in [-0.4, -0.2) is 68.5 Å². The van der Waals surface area contributed by atoms with Crippen LogP contribution in [0.3, 0.4) is 0 Å². The summed E-state index contributed by atoms with van der Waals surface area (Å²) < 4.78 is 30.2. The highest BCUT2D eigenvalue weighted by Crippen LogP contribution is 2.48. The summed E-state index contributed by atoms with van der Waals surface area (Å²) >= 11 is 0. The van der Waals surface area contributed by atoms with E-state index in [1.54, 1.807) is 33.5 Å². The van der Waals surface area contributed by atoms with Gasteiger partial charge in [0.1, 0.15) is 5.75 Å². The Bertz CT molecular complexity index is 1710. The zero-order valence-electron chi connectivity index (χ0n) is 27.1. The maximum Gasteiger partial charge on any atom is 0.204 e. The van der Waals surface area contributed by atoms with Crippen molar-refractivity contribution in [3.63, 3.8) is 0 Å². The largest absolute Gasteiger partial charge is 0.504 e. The van der Waals surface area contributed by atoms with Gasteiger partial charge in [-0.25, -0.2) is 0 Å². The standard InChI is InChI=1S/C37H42N2O7/c1-38-14-12-26-19-35(43-4)37(44-5)36(29(26)21-38)46-34-20-28-25(18-33(34)42-3)13-15-39(2)30(28)16-23-6-9-27(10-7-23)45-32-17-24(22-40)8-11-31(32)41/h6-11,17-20,30,40-41H,12-16,21-22H2,1-5H3. The summed E-state index contributed by atoms with van der Waals surface area (Å²) in [6.45, 7) is 2.50. The molecule has 242 valence electrons. The first-order valence-corrected chi connectivity index (χ1v) is 15.6. The first-order chi connectivity index (χ1) is 22.3. The van der Waals surface area contributed by atoms with Crippen molar-refractivity contribution in [3.05, 3.63) is 94.0 Å². The van der Waals surface area contributed by atoms with Gasteiger partial charge in [0, 0.05) is 31.2 Å². The van der Waals surface area contributed by atoms with Gasteiger partial charge < -0.3 is 38.8 Å². The molecular weight excluding hydrogens is 584 g/mol. The van der Waals surface area contributed by atoms with Crippen LogP contribution in [0.5, 0.6) is 46.0 Å². The van der Waals surface area contributed by atoms with Gasteiger partial charge in [-0.2, -0.15) is 0 Å². The van der Waals surface area contributed by atoms with E-state index >= 15 is 0 Å². The minimum absolute atomic E-state index is 0.0225. The number of ether oxygens (including phenoxy) is 5. The fourth-order valence-corrected chi connectivity index (χ4v) is 6.45. The Kier molecular flexibility index (Phi) is 9.26. The van der Waals surface area contributed by atoms with E-state index in [0.717, 1.165) is 50.0 Å². The van der Waals surface area contributed by atoms with E-state index in [1.165, 1.54) is 22.8 Å². The molecule has 0 fully saturated rings. The molecule has 0 aromatic heterocycles. The highest BCUT2D eigenvalue weighted by Gasteiger charge is 2.30. The average Bonchev–Trinajstić information content (AvgIpc) is 3.07. The fourth-order valence-electron chi connectivity index (χ4n) is 6.45. The lowest BCUT2D eigenvalue weighted by Gasteiger charge is -2.35. The molecule has 2 heterocycles. The van der Waals surface area contributed by atoms with Crippen LogP contribution in [0.15, 0.2) is 60.7 Å². The molecule has 2 aliphatic heterocycles. The molecule has 0 aliphatic carbocycles. The fraction of sp³-hybridized carbons (Fsp3) is 0.351. The molecule has 1 unspecified atom stereocenters. The quantitative estimate of drug-likeness (QED) is 0.212. The Morgan fingerprint density at radius 3 is 2.15 bits per heavy atom. The molecule has 9 heteroatoms. The summed E-state index contributed by atoms with van der Waals surface area (Å²) in [5, 5.41) is 19.7. The van der Waals surface area contributed by atoms with Gasteiger partial charge in [0.25, 0.3) is 0 Å². The lowest BCUT2D eigenvalue weighted by Crippen LogP contribution is -2.33. The van der Waals surface area contributed by atoms with Crippen molar-refractivity contribution in [3.8, 4) is 46.0 Å². The van der Waals surface area contributed by atoms with Crippen molar-refractivity contribution >= 4 is 0 Å². The second-order valence-electron chi connectivity index (χ2n) is 12.0. The first-order valence-electron chi connectivity index (χ1n) is 15.6. The van der Waals surface area contributed by atoms with Gasteiger partial charge in [-0.15, -0.1) is 0 Å². The van der Waals surface area contributed by atoms with E-state index in [-0.39, 0.29) is 18.4 Å². The molecule has 4 aromatic rings. The molecule has 0 amide bonds. The molecule has 2 N–H and O–H groups in total. The number of phenols is 1. The minimum atomic E-state index is -0.128. The SMILES string of the molecule is COc1cc2c(cc1Oc1c3c(cc(OC)c1OC)CCN(C)C3)C(Cc1ccc(Oc3cc(CO)ccc3O)cc1)N(C)CC2. The van der Waals surface area contributed by atoms with Gasteiger partial charge in [-0.05, 0) is 104 Å². The minimum Gasteiger partial charge on any atom is -0.504 e. The van der Waals surface area contributed by atoms with Crippen molar-refractivity contribution in [2.75, 3.05) is 48.5 Å². The van der Waals surface area contributed by atoms with Crippen LogP contribution >= 0.6 is 0 Å². The molecule has 6 rings (SSSR count). The molecule has 2 aliphatic rings. The number of aliphatic hydroxyl groups is 1.